The molecule has 1 saturated carbocycles. The Kier molecular flexibility index (Phi) is 4.41. The Labute approximate surface area is 154 Å². The number of aliphatic hydroxyl groups is 2. The molecule has 6 atom stereocenters. The highest BCUT2D eigenvalue weighted by Crippen LogP contribution is 2.51. The van der Waals surface area contributed by atoms with Crippen molar-refractivity contribution in [2.75, 3.05) is 0 Å². The molecule has 0 aromatic carbocycles. The van der Waals surface area contributed by atoms with E-state index in [-0.39, 0.29) is 30.6 Å². The van der Waals surface area contributed by atoms with E-state index in [1.807, 2.05) is 20.8 Å². The second kappa shape index (κ2) is 5.88. The molecule has 26 heavy (non-hydrogen) atoms. The van der Waals surface area contributed by atoms with Crippen LogP contribution in [-0.4, -0.2) is 51.0 Å². The topological polar surface area (TPSA) is 96.4 Å². The lowest BCUT2D eigenvalue weighted by molar-refractivity contribution is -0.200. The fraction of sp³-hybridized carbons (Fsp3) is 0.800. The number of ether oxygens (including phenoxy) is 2. The first-order chi connectivity index (χ1) is 11.9. The summed E-state index contributed by atoms with van der Waals surface area (Å²) >= 11 is 0. The standard InChI is InChI=1S/C20H30O6/c1-10(2)13-9-14(25-17(22)18(5)12(4)26-18)19(6,23)20(24)8-7-11(3)15(20)16(13)21/h10,12-14,23-24H,7-9H2,1-6H3/t12-,13+,14+,18+,19-,20+/m0/s1. The molecule has 6 nitrogen and oxygen atoms in total. The van der Waals surface area contributed by atoms with Crippen LogP contribution in [-0.2, 0) is 19.1 Å². The Hall–Kier alpha value is -1.24. The number of carbonyl (C=O) groups excluding carboxylic acids is 2. The number of fused-ring (bicyclic) bond motifs is 1. The van der Waals surface area contributed by atoms with E-state index in [1.54, 1.807) is 13.8 Å². The number of ketones is 1. The highest BCUT2D eigenvalue weighted by Gasteiger charge is 2.64. The molecule has 2 aliphatic carbocycles. The van der Waals surface area contributed by atoms with E-state index in [9.17, 15) is 19.8 Å². The summed E-state index contributed by atoms with van der Waals surface area (Å²) in [6.07, 6.45) is -0.278. The summed E-state index contributed by atoms with van der Waals surface area (Å²) in [7, 11) is 0. The zero-order valence-electron chi connectivity index (χ0n) is 16.5. The molecule has 0 aromatic rings. The molecule has 2 fully saturated rings. The number of hydrogen-bond acceptors (Lipinski definition) is 6. The molecule has 0 aromatic heterocycles. The third-order valence-corrected chi connectivity index (χ3v) is 6.82. The maximum atomic E-state index is 13.2. The predicted octanol–water partition coefficient (Wildman–Crippen LogP) is 1.91. The Bertz CT molecular complexity index is 678. The molecule has 3 aliphatic rings. The van der Waals surface area contributed by atoms with E-state index >= 15 is 0 Å². The summed E-state index contributed by atoms with van der Waals surface area (Å²) < 4.78 is 11.0. The van der Waals surface area contributed by atoms with Crippen molar-refractivity contribution in [1.82, 2.24) is 0 Å². The average molecular weight is 366 g/mol. The van der Waals surface area contributed by atoms with Crippen molar-refractivity contribution in [3.05, 3.63) is 11.1 Å². The van der Waals surface area contributed by atoms with Crippen molar-refractivity contribution in [2.45, 2.75) is 89.8 Å². The Balaban J connectivity index is 2.02. The van der Waals surface area contributed by atoms with Gasteiger partial charge in [-0.1, -0.05) is 19.4 Å². The fourth-order valence-electron chi connectivity index (χ4n) is 4.44. The molecule has 0 unspecified atom stereocenters. The van der Waals surface area contributed by atoms with Crippen LogP contribution >= 0.6 is 0 Å². The third kappa shape index (κ3) is 2.57. The van der Waals surface area contributed by atoms with Gasteiger partial charge in [0.25, 0.3) is 0 Å². The molecule has 3 rings (SSSR count). The van der Waals surface area contributed by atoms with Gasteiger partial charge in [0.15, 0.2) is 11.4 Å². The highest BCUT2D eigenvalue weighted by molar-refractivity contribution is 6.01. The minimum atomic E-state index is -1.76. The van der Waals surface area contributed by atoms with Crippen molar-refractivity contribution in [1.29, 1.82) is 0 Å². The van der Waals surface area contributed by atoms with Gasteiger partial charge in [0.1, 0.15) is 17.3 Å². The van der Waals surface area contributed by atoms with Crippen LogP contribution in [0.3, 0.4) is 0 Å². The van der Waals surface area contributed by atoms with Gasteiger partial charge in [-0.3, -0.25) is 4.79 Å². The second-order valence-electron chi connectivity index (χ2n) is 8.87. The second-order valence-corrected chi connectivity index (χ2v) is 8.87. The first-order valence-corrected chi connectivity index (χ1v) is 9.44. The molecule has 146 valence electrons. The van der Waals surface area contributed by atoms with Gasteiger partial charge in [0, 0.05) is 11.5 Å². The molecule has 0 spiro atoms. The number of carbonyl (C=O) groups is 2. The quantitative estimate of drug-likeness (QED) is 0.585. The highest BCUT2D eigenvalue weighted by atomic mass is 16.7. The van der Waals surface area contributed by atoms with Crippen molar-refractivity contribution in [3.63, 3.8) is 0 Å². The summed E-state index contributed by atoms with van der Waals surface area (Å²) in [6.45, 7) is 10.6. The van der Waals surface area contributed by atoms with Crippen LogP contribution in [0.5, 0.6) is 0 Å². The molecule has 0 amide bonds. The monoisotopic (exact) mass is 366 g/mol. The minimum absolute atomic E-state index is 0.00515. The lowest BCUT2D eigenvalue weighted by Gasteiger charge is -2.42. The maximum Gasteiger partial charge on any atom is 0.341 e. The normalized spacial score (nSPS) is 45.6. The molecular weight excluding hydrogens is 336 g/mol. The summed E-state index contributed by atoms with van der Waals surface area (Å²) in [5, 5.41) is 22.7. The van der Waals surface area contributed by atoms with Gasteiger partial charge in [-0.25, -0.2) is 4.79 Å². The number of Topliss-reactive ketones (excluding diaryl/α,β-unsaturated/α-hetero) is 1. The summed E-state index contributed by atoms with van der Waals surface area (Å²) in [6, 6.07) is 0. The molecule has 0 radical (unpaired) electrons. The van der Waals surface area contributed by atoms with Crippen LogP contribution < -0.4 is 0 Å². The van der Waals surface area contributed by atoms with E-state index in [0.29, 0.717) is 12.0 Å². The van der Waals surface area contributed by atoms with Crippen LogP contribution in [0.2, 0.25) is 0 Å². The summed E-state index contributed by atoms with van der Waals surface area (Å²) in [5.74, 6) is -1.13. The zero-order chi connectivity index (χ0) is 19.7. The number of epoxide rings is 1. The lowest BCUT2D eigenvalue weighted by Crippen LogP contribution is -2.60. The van der Waals surface area contributed by atoms with Crippen LogP contribution in [0, 0.1) is 11.8 Å². The van der Waals surface area contributed by atoms with E-state index in [1.165, 1.54) is 6.92 Å². The van der Waals surface area contributed by atoms with Gasteiger partial charge >= 0.3 is 5.97 Å². The van der Waals surface area contributed by atoms with Gasteiger partial charge in [-0.2, -0.15) is 0 Å². The van der Waals surface area contributed by atoms with Crippen LogP contribution in [0.15, 0.2) is 11.1 Å². The molecule has 6 heteroatoms. The van der Waals surface area contributed by atoms with Gasteiger partial charge in [-0.05, 0) is 52.9 Å². The lowest BCUT2D eigenvalue weighted by atomic mass is 9.76. The van der Waals surface area contributed by atoms with Crippen LogP contribution in [0.1, 0.15) is 60.8 Å². The summed E-state index contributed by atoms with van der Waals surface area (Å²) in [5.41, 5.74) is -3.38. The molecule has 1 heterocycles. The van der Waals surface area contributed by atoms with E-state index < -0.39 is 34.8 Å². The van der Waals surface area contributed by atoms with Crippen molar-refractivity contribution in [2.24, 2.45) is 11.8 Å². The number of rotatable bonds is 3. The Morgan fingerprint density at radius 1 is 1.31 bits per heavy atom. The average Bonchev–Trinajstić information content (AvgIpc) is 3.04. The molecule has 1 aliphatic heterocycles. The van der Waals surface area contributed by atoms with Crippen molar-refractivity contribution < 1.29 is 29.3 Å². The maximum absolute atomic E-state index is 13.2. The Morgan fingerprint density at radius 3 is 2.38 bits per heavy atom. The van der Waals surface area contributed by atoms with E-state index in [4.69, 9.17) is 9.47 Å². The molecular formula is C20H30O6. The largest absolute Gasteiger partial charge is 0.457 e. The SMILES string of the molecule is CC1=C2C(=O)[C@@H](C(C)C)C[C@@H](OC(=O)[C@]3(C)O[C@H]3C)[C@](C)(O)[C@@]2(O)CC1. The predicted molar refractivity (Wildman–Crippen MR) is 94.3 cm³/mol. The molecule has 0 bridgehead atoms. The first-order valence-electron chi connectivity index (χ1n) is 9.44. The number of allylic oxidation sites excluding steroid dienone is 1. The van der Waals surface area contributed by atoms with Crippen molar-refractivity contribution in [3.8, 4) is 0 Å². The minimum Gasteiger partial charge on any atom is -0.457 e. The zero-order valence-corrected chi connectivity index (χ0v) is 16.5. The smallest absolute Gasteiger partial charge is 0.341 e. The van der Waals surface area contributed by atoms with Crippen LogP contribution in [0.25, 0.3) is 0 Å². The van der Waals surface area contributed by atoms with Gasteiger partial charge in [0.2, 0.25) is 0 Å². The first kappa shape index (κ1) is 19.5. The van der Waals surface area contributed by atoms with Crippen molar-refractivity contribution >= 4 is 11.8 Å². The van der Waals surface area contributed by atoms with E-state index in [2.05, 4.69) is 0 Å². The fourth-order valence-corrected chi connectivity index (χ4v) is 4.44. The van der Waals surface area contributed by atoms with Gasteiger partial charge < -0.3 is 19.7 Å². The van der Waals surface area contributed by atoms with E-state index in [0.717, 1.165) is 5.57 Å². The molecule has 1 saturated heterocycles. The number of hydrogen-bond donors (Lipinski definition) is 2. The van der Waals surface area contributed by atoms with Gasteiger partial charge in [0.05, 0.1) is 6.10 Å². The third-order valence-electron chi connectivity index (χ3n) is 6.82. The Morgan fingerprint density at radius 2 is 1.88 bits per heavy atom. The van der Waals surface area contributed by atoms with Crippen LogP contribution in [0.4, 0.5) is 0 Å². The molecule has 2 N–H and O–H groups in total. The summed E-state index contributed by atoms with van der Waals surface area (Å²) in [4.78, 5) is 25.8. The number of esters is 1. The van der Waals surface area contributed by atoms with Gasteiger partial charge in [-0.15, -0.1) is 0 Å².